The third-order valence-electron chi connectivity index (χ3n) is 4.75. The first-order valence-electron chi connectivity index (χ1n) is 9.88. The fourth-order valence-corrected chi connectivity index (χ4v) is 3.24. The smallest absolute Gasteiger partial charge is 0.344 e. The average Bonchev–Trinajstić information content (AvgIpc) is 3.17. The van der Waals surface area contributed by atoms with Crippen molar-refractivity contribution in [3.8, 4) is 17.2 Å². The SMILES string of the molecule is CC(=O)c1cc2c(cc1NC(=O)COC(=O)COc1ccc(C(C)C)c(C)c1)OCO2. The van der Waals surface area contributed by atoms with Crippen molar-refractivity contribution in [3.63, 3.8) is 0 Å². The lowest BCUT2D eigenvalue weighted by Gasteiger charge is -2.13. The van der Waals surface area contributed by atoms with Gasteiger partial charge in [0.15, 0.2) is 30.5 Å². The van der Waals surface area contributed by atoms with Gasteiger partial charge < -0.3 is 24.3 Å². The number of nitrogens with one attached hydrogen (secondary N) is 1. The lowest BCUT2D eigenvalue weighted by Crippen LogP contribution is -2.24. The van der Waals surface area contributed by atoms with Crippen LogP contribution in [0.3, 0.4) is 0 Å². The number of carbonyl (C=O) groups excluding carboxylic acids is 3. The average molecular weight is 427 g/mol. The van der Waals surface area contributed by atoms with Crippen LogP contribution in [-0.2, 0) is 14.3 Å². The van der Waals surface area contributed by atoms with E-state index in [9.17, 15) is 14.4 Å². The summed E-state index contributed by atoms with van der Waals surface area (Å²) in [5.41, 5.74) is 2.81. The molecular weight excluding hydrogens is 402 g/mol. The van der Waals surface area contributed by atoms with Crippen molar-refractivity contribution in [2.45, 2.75) is 33.6 Å². The van der Waals surface area contributed by atoms with Crippen LogP contribution in [0.1, 0.15) is 48.2 Å². The van der Waals surface area contributed by atoms with Gasteiger partial charge >= 0.3 is 5.97 Å². The molecule has 0 aliphatic carbocycles. The van der Waals surface area contributed by atoms with E-state index >= 15 is 0 Å². The van der Waals surface area contributed by atoms with Crippen LogP contribution < -0.4 is 19.5 Å². The van der Waals surface area contributed by atoms with E-state index in [0.717, 1.165) is 5.56 Å². The summed E-state index contributed by atoms with van der Waals surface area (Å²) in [4.78, 5) is 36.0. The van der Waals surface area contributed by atoms with E-state index in [1.165, 1.54) is 24.6 Å². The second-order valence-electron chi connectivity index (χ2n) is 7.48. The summed E-state index contributed by atoms with van der Waals surface area (Å²) in [6, 6.07) is 8.63. The van der Waals surface area contributed by atoms with E-state index in [1.54, 1.807) is 6.07 Å². The van der Waals surface area contributed by atoms with Gasteiger partial charge in [0, 0.05) is 11.6 Å². The number of esters is 1. The van der Waals surface area contributed by atoms with Crippen molar-refractivity contribution < 1.29 is 33.3 Å². The number of aryl methyl sites for hydroxylation is 1. The van der Waals surface area contributed by atoms with E-state index < -0.39 is 18.5 Å². The monoisotopic (exact) mass is 427 g/mol. The molecule has 1 N–H and O–H groups in total. The second-order valence-corrected chi connectivity index (χ2v) is 7.48. The van der Waals surface area contributed by atoms with Gasteiger partial charge in [0.1, 0.15) is 5.75 Å². The van der Waals surface area contributed by atoms with Gasteiger partial charge in [-0.1, -0.05) is 19.9 Å². The molecule has 8 heteroatoms. The van der Waals surface area contributed by atoms with Crippen LogP contribution in [0.2, 0.25) is 0 Å². The Hall–Kier alpha value is -3.55. The first-order valence-corrected chi connectivity index (χ1v) is 9.88. The number of ether oxygens (including phenoxy) is 4. The van der Waals surface area contributed by atoms with E-state index in [1.807, 2.05) is 19.1 Å². The van der Waals surface area contributed by atoms with Gasteiger partial charge in [0.2, 0.25) is 6.79 Å². The predicted octanol–water partition coefficient (Wildman–Crippen LogP) is 3.61. The summed E-state index contributed by atoms with van der Waals surface area (Å²) in [6.45, 7) is 6.77. The Morgan fingerprint density at radius 3 is 2.42 bits per heavy atom. The number of amides is 1. The minimum atomic E-state index is -0.682. The Bertz CT molecular complexity index is 1010. The highest BCUT2D eigenvalue weighted by Gasteiger charge is 2.21. The molecule has 0 saturated carbocycles. The zero-order valence-electron chi connectivity index (χ0n) is 17.9. The molecule has 0 bridgehead atoms. The molecule has 1 aliphatic rings. The lowest BCUT2D eigenvalue weighted by atomic mass is 9.98. The molecule has 0 aromatic heterocycles. The standard InChI is InChI=1S/C23H25NO7/c1-13(2)17-6-5-16(7-14(17)3)28-11-23(27)29-10-22(26)24-19-9-21-20(30-12-31-21)8-18(19)15(4)25/h5-9,13H,10-12H2,1-4H3,(H,24,26). The van der Waals surface area contributed by atoms with Crippen LogP contribution in [0.5, 0.6) is 17.2 Å². The van der Waals surface area contributed by atoms with Crippen molar-refractivity contribution in [2.75, 3.05) is 25.3 Å². The third-order valence-corrected chi connectivity index (χ3v) is 4.75. The molecule has 8 nitrogen and oxygen atoms in total. The van der Waals surface area contributed by atoms with Gasteiger partial charge in [0.25, 0.3) is 5.91 Å². The molecule has 1 amide bonds. The molecule has 0 radical (unpaired) electrons. The molecule has 31 heavy (non-hydrogen) atoms. The number of anilines is 1. The number of benzene rings is 2. The maximum atomic E-state index is 12.2. The maximum Gasteiger partial charge on any atom is 0.344 e. The van der Waals surface area contributed by atoms with Gasteiger partial charge in [-0.2, -0.15) is 0 Å². The number of rotatable bonds is 8. The minimum absolute atomic E-state index is 0.0431. The summed E-state index contributed by atoms with van der Waals surface area (Å²) in [7, 11) is 0. The van der Waals surface area contributed by atoms with Crippen LogP contribution in [0.4, 0.5) is 5.69 Å². The van der Waals surface area contributed by atoms with Gasteiger partial charge in [-0.25, -0.2) is 4.79 Å². The molecule has 3 rings (SSSR count). The Morgan fingerprint density at radius 1 is 1.06 bits per heavy atom. The van der Waals surface area contributed by atoms with Crippen LogP contribution >= 0.6 is 0 Å². The number of ketones is 1. The summed E-state index contributed by atoms with van der Waals surface area (Å²) >= 11 is 0. The largest absolute Gasteiger partial charge is 0.482 e. The number of hydrogen-bond acceptors (Lipinski definition) is 7. The van der Waals surface area contributed by atoms with Crippen LogP contribution in [0, 0.1) is 6.92 Å². The summed E-state index contributed by atoms with van der Waals surface area (Å²) < 4.78 is 20.9. The Morgan fingerprint density at radius 2 is 1.77 bits per heavy atom. The topological polar surface area (TPSA) is 100 Å². The highest BCUT2D eigenvalue weighted by atomic mass is 16.7. The van der Waals surface area contributed by atoms with Gasteiger partial charge in [0.05, 0.1) is 5.69 Å². The first kappa shape index (κ1) is 22.1. The molecule has 2 aromatic rings. The van der Waals surface area contributed by atoms with Gasteiger partial charge in [-0.15, -0.1) is 0 Å². The maximum absolute atomic E-state index is 12.2. The first-order chi connectivity index (χ1) is 14.7. The molecule has 0 unspecified atom stereocenters. The van der Waals surface area contributed by atoms with Gasteiger partial charge in [-0.05, 0) is 49.1 Å². The van der Waals surface area contributed by atoms with E-state index in [0.29, 0.717) is 23.2 Å². The molecule has 2 aromatic carbocycles. The highest BCUT2D eigenvalue weighted by molar-refractivity contribution is 6.05. The van der Waals surface area contributed by atoms with E-state index in [4.69, 9.17) is 18.9 Å². The highest BCUT2D eigenvalue weighted by Crippen LogP contribution is 2.37. The number of Topliss-reactive ketones (excluding diaryl/α,β-unsaturated/α-hetero) is 1. The molecule has 0 saturated heterocycles. The Labute approximate surface area is 180 Å². The van der Waals surface area contributed by atoms with Crippen molar-refractivity contribution in [3.05, 3.63) is 47.0 Å². The molecule has 1 aliphatic heterocycles. The zero-order valence-corrected chi connectivity index (χ0v) is 17.9. The van der Waals surface area contributed by atoms with Crippen LogP contribution in [0.15, 0.2) is 30.3 Å². The second kappa shape index (κ2) is 9.51. The fourth-order valence-electron chi connectivity index (χ4n) is 3.24. The normalized spacial score (nSPS) is 11.9. The molecule has 1 heterocycles. The van der Waals surface area contributed by atoms with E-state index in [2.05, 4.69) is 19.2 Å². The summed E-state index contributed by atoms with van der Waals surface area (Å²) in [5, 5.41) is 2.56. The summed E-state index contributed by atoms with van der Waals surface area (Å²) in [5.74, 6) is 0.274. The quantitative estimate of drug-likeness (QED) is 0.507. The summed E-state index contributed by atoms with van der Waals surface area (Å²) in [6.07, 6.45) is 0. The molecular formula is C23H25NO7. The Kier molecular flexibility index (Phi) is 6.79. The Balaban J connectivity index is 1.51. The van der Waals surface area contributed by atoms with Crippen molar-refractivity contribution in [1.82, 2.24) is 0 Å². The minimum Gasteiger partial charge on any atom is -0.482 e. The molecule has 0 atom stereocenters. The van der Waals surface area contributed by atoms with Crippen molar-refractivity contribution in [1.29, 1.82) is 0 Å². The van der Waals surface area contributed by atoms with Crippen LogP contribution in [-0.4, -0.2) is 37.7 Å². The fraction of sp³-hybridized carbons (Fsp3) is 0.348. The van der Waals surface area contributed by atoms with Crippen molar-refractivity contribution in [2.24, 2.45) is 0 Å². The number of fused-ring (bicyclic) bond motifs is 1. The lowest BCUT2D eigenvalue weighted by molar-refractivity contribution is -0.149. The number of hydrogen-bond donors (Lipinski definition) is 1. The van der Waals surface area contributed by atoms with E-state index in [-0.39, 0.29) is 30.4 Å². The number of carbonyl (C=O) groups is 3. The molecule has 0 spiro atoms. The zero-order chi connectivity index (χ0) is 22.5. The predicted molar refractivity (Wildman–Crippen MR) is 113 cm³/mol. The molecule has 164 valence electrons. The third kappa shape index (κ3) is 5.53. The van der Waals surface area contributed by atoms with Gasteiger partial charge in [-0.3, -0.25) is 9.59 Å². The molecule has 0 fully saturated rings. The van der Waals surface area contributed by atoms with Crippen LogP contribution in [0.25, 0.3) is 0 Å². The van der Waals surface area contributed by atoms with Crippen molar-refractivity contribution >= 4 is 23.3 Å².